The van der Waals surface area contributed by atoms with Crippen LogP contribution in [-0.4, -0.2) is 65.6 Å². The smallest absolute Gasteiger partial charge is 0.341 e. The number of aliphatic carboxylic acids is 1. The number of aliphatic hydroxyl groups excluding tert-OH is 1. The van der Waals surface area contributed by atoms with E-state index >= 15 is 0 Å². The molecular formula is C36H45ClN2O5. The van der Waals surface area contributed by atoms with E-state index in [2.05, 4.69) is 23.6 Å². The van der Waals surface area contributed by atoms with Gasteiger partial charge in [-0.3, -0.25) is 0 Å². The Morgan fingerprint density at radius 3 is 2.75 bits per heavy atom. The minimum atomic E-state index is -2.18. The van der Waals surface area contributed by atoms with Gasteiger partial charge in [-0.1, -0.05) is 49.4 Å². The molecule has 0 radical (unpaired) electrons. The lowest BCUT2D eigenvalue weighted by Crippen LogP contribution is -2.49. The molecule has 1 fully saturated rings. The first kappa shape index (κ1) is 31.0. The molecule has 0 saturated heterocycles. The normalized spacial score (nSPS) is 33.0. The van der Waals surface area contributed by atoms with Crippen molar-refractivity contribution in [2.24, 2.45) is 17.8 Å². The Morgan fingerprint density at radius 1 is 1.20 bits per heavy atom. The van der Waals surface area contributed by atoms with Crippen LogP contribution < -0.4 is 9.64 Å². The van der Waals surface area contributed by atoms with Gasteiger partial charge in [-0.25, -0.2) is 4.79 Å². The third kappa shape index (κ3) is 5.31. The second-order valence-corrected chi connectivity index (χ2v) is 13.9. The lowest BCUT2D eigenvalue weighted by Gasteiger charge is -2.45. The van der Waals surface area contributed by atoms with Gasteiger partial charge in [0.05, 0.1) is 18.4 Å². The molecule has 2 aliphatic carbocycles. The summed E-state index contributed by atoms with van der Waals surface area (Å²) >= 11 is 6.42. The average Bonchev–Trinajstić information content (AvgIpc) is 3.13. The summed E-state index contributed by atoms with van der Waals surface area (Å²) in [6.45, 7) is 8.63. The van der Waals surface area contributed by atoms with E-state index in [9.17, 15) is 20.1 Å². The van der Waals surface area contributed by atoms with Gasteiger partial charge in [-0.15, -0.1) is 0 Å². The van der Waals surface area contributed by atoms with E-state index in [0.717, 1.165) is 42.8 Å². The first-order chi connectivity index (χ1) is 21.1. The number of aryl methyl sites for hydroxylation is 1. The third-order valence-corrected chi connectivity index (χ3v) is 11.2. The van der Waals surface area contributed by atoms with Gasteiger partial charge < -0.3 is 29.9 Å². The number of carbonyl (C=O) groups is 1. The van der Waals surface area contributed by atoms with Crippen LogP contribution in [0.25, 0.3) is 0 Å². The zero-order chi connectivity index (χ0) is 31.2. The average molecular weight is 621 g/mol. The molecule has 0 unspecified atom stereocenters. The fourth-order valence-electron chi connectivity index (χ4n) is 8.21. The van der Waals surface area contributed by atoms with Crippen LogP contribution in [0.3, 0.4) is 0 Å². The highest BCUT2D eigenvalue weighted by atomic mass is 35.5. The summed E-state index contributed by atoms with van der Waals surface area (Å²) < 4.78 is 6.62. The van der Waals surface area contributed by atoms with Gasteiger partial charge >= 0.3 is 5.97 Å². The number of benzene rings is 2. The van der Waals surface area contributed by atoms with Crippen LogP contribution in [-0.2, 0) is 22.2 Å². The molecule has 6 rings (SSSR count). The molecule has 236 valence electrons. The van der Waals surface area contributed by atoms with E-state index in [1.807, 2.05) is 49.2 Å². The number of fused-ring (bicyclic) bond motifs is 4. The Morgan fingerprint density at radius 2 is 2.02 bits per heavy atom. The molecular weight excluding hydrogens is 576 g/mol. The molecule has 0 amide bonds. The van der Waals surface area contributed by atoms with Crippen molar-refractivity contribution in [1.29, 1.82) is 0 Å². The van der Waals surface area contributed by atoms with E-state index < -0.39 is 23.6 Å². The highest BCUT2D eigenvalue weighted by Crippen LogP contribution is 2.48. The van der Waals surface area contributed by atoms with Gasteiger partial charge in [0.2, 0.25) is 0 Å². The van der Waals surface area contributed by atoms with E-state index in [4.69, 9.17) is 16.3 Å². The predicted molar refractivity (Wildman–Crippen MR) is 173 cm³/mol. The molecule has 1 saturated carbocycles. The number of ether oxygens (including phenoxy) is 1. The molecule has 2 aromatic carbocycles. The lowest BCUT2D eigenvalue weighted by molar-refractivity contribution is -0.166. The first-order valence-corrected chi connectivity index (χ1v) is 16.5. The van der Waals surface area contributed by atoms with Crippen LogP contribution in [0.15, 0.2) is 60.8 Å². The number of anilines is 1. The topological polar surface area (TPSA) is 93.5 Å². The largest absolute Gasteiger partial charge is 0.490 e. The van der Waals surface area contributed by atoms with E-state index in [1.165, 1.54) is 11.1 Å². The monoisotopic (exact) mass is 620 g/mol. The molecule has 0 aromatic heterocycles. The molecule has 3 N–H and O–H groups in total. The van der Waals surface area contributed by atoms with Crippen molar-refractivity contribution < 1.29 is 24.9 Å². The van der Waals surface area contributed by atoms with Crippen LogP contribution in [0, 0.1) is 17.8 Å². The summed E-state index contributed by atoms with van der Waals surface area (Å²) in [5.41, 5.74) is 1.73. The highest BCUT2D eigenvalue weighted by Gasteiger charge is 2.49. The van der Waals surface area contributed by atoms with Crippen molar-refractivity contribution in [1.82, 2.24) is 4.90 Å². The number of aliphatic hydroxyl groups is 2. The second-order valence-electron chi connectivity index (χ2n) is 13.4. The van der Waals surface area contributed by atoms with Gasteiger partial charge in [0.15, 0.2) is 5.60 Å². The van der Waals surface area contributed by atoms with Gasteiger partial charge in [0, 0.05) is 48.7 Å². The quantitative estimate of drug-likeness (QED) is 0.360. The van der Waals surface area contributed by atoms with Crippen LogP contribution in [0.1, 0.15) is 62.1 Å². The summed E-state index contributed by atoms with van der Waals surface area (Å²) in [5, 5.41) is 34.7. The number of carboxylic acids is 1. The molecule has 8 heteroatoms. The molecule has 7 nitrogen and oxygen atoms in total. The summed E-state index contributed by atoms with van der Waals surface area (Å²) in [6.07, 6.45) is 9.43. The lowest BCUT2D eigenvalue weighted by atomic mass is 9.68. The summed E-state index contributed by atoms with van der Waals surface area (Å²) in [7, 11) is 1.88. The minimum Gasteiger partial charge on any atom is -0.490 e. The third-order valence-electron chi connectivity index (χ3n) is 10.9. The first-order valence-electron chi connectivity index (χ1n) is 16.1. The number of carboxylic acid groups (broad SMARTS) is 1. The van der Waals surface area contributed by atoms with Crippen LogP contribution in [0.2, 0.25) is 5.02 Å². The van der Waals surface area contributed by atoms with Gasteiger partial charge in [0.1, 0.15) is 5.75 Å². The summed E-state index contributed by atoms with van der Waals surface area (Å²) in [4.78, 5) is 17.3. The fraction of sp³-hybridized carbons (Fsp3) is 0.528. The van der Waals surface area contributed by atoms with Crippen LogP contribution >= 0.6 is 11.6 Å². The van der Waals surface area contributed by atoms with Gasteiger partial charge in [-0.2, -0.15) is 0 Å². The molecule has 2 aliphatic heterocycles. The molecule has 2 bridgehead atoms. The SMILES string of the molecule is C=C1[C@@H](CC)[C@@](O)(C(=O)O)c2ccc3c(c2)N(C[C@@H]2CC[C@H]2[C@@H](O)/C=C/CCN1C)C[C@@]1(CCCc2cc(Cl)ccc21)CO3. The van der Waals surface area contributed by atoms with Crippen LogP contribution in [0.5, 0.6) is 5.75 Å². The zero-order valence-electron chi connectivity index (χ0n) is 25.8. The number of rotatable bonds is 2. The predicted octanol–water partition coefficient (Wildman–Crippen LogP) is 5.90. The Bertz CT molecular complexity index is 1460. The number of nitrogens with zero attached hydrogens (tertiary/aromatic N) is 2. The Kier molecular flexibility index (Phi) is 8.50. The second kappa shape index (κ2) is 12.1. The van der Waals surface area contributed by atoms with E-state index in [-0.39, 0.29) is 17.3 Å². The number of hydrogen-bond acceptors (Lipinski definition) is 6. The molecule has 44 heavy (non-hydrogen) atoms. The molecule has 2 aromatic rings. The molecule has 6 atom stereocenters. The molecule has 2 heterocycles. The van der Waals surface area contributed by atoms with Crippen LogP contribution in [0.4, 0.5) is 5.69 Å². The van der Waals surface area contributed by atoms with Crippen molar-refractivity contribution in [3.8, 4) is 5.75 Å². The minimum absolute atomic E-state index is 0.150. The Hall–Kier alpha value is -3.00. The highest BCUT2D eigenvalue weighted by molar-refractivity contribution is 6.30. The zero-order valence-corrected chi connectivity index (χ0v) is 26.6. The van der Waals surface area contributed by atoms with Crippen molar-refractivity contribution in [3.05, 3.63) is 82.5 Å². The Labute approximate surface area is 265 Å². The standard InChI is InChI=1S/C36H45ClN2O5/c1-4-29-23(2)38(3)17-6-5-9-32(40)28-13-10-25(28)20-39-21-35(16-7-8-24-18-27(37)12-14-30(24)35)22-44-33-15-11-26(19-31(33)39)36(29,43)34(41)42/h5,9,11-12,14-15,18-19,25,28-29,32,40,43H,2,4,6-8,10,13,16-17,20-22H2,1,3H3,(H,41,42)/b9-5+/t25-,28+,29+,32-,35-,36+/m0/s1. The molecule has 1 spiro atoms. The number of halogens is 1. The summed E-state index contributed by atoms with van der Waals surface area (Å²) in [5.74, 6) is -0.940. The molecule has 4 aliphatic rings. The van der Waals surface area contributed by atoms with Crippen molar-refractivity contribution in [2.75, 3.05) is 38.2 Å². The maximum Gasteiger partial charge on any atom is 0.341 e. The van der Waals surface area contributed by atoms with Crippen molar-refractivity contribution >= 4 is 23.3 Å². The van der Waals surface area contributed by atoms with Gasteiger partial charge in [0.25, 0.3) is 0 Å². The van der Waals surface area contributed by atoms with Gasteiger partial charge in [-0.05, 0) is 97.7 Å². The fourth-order valence-corrected chi connectivity index (χ4v) is 8.40. The van der Waals surface area contributed by atoms with Crippen molar-refractivity contribution in [3.63, 3.8) is 0 Å². The van der Waals surface area contributed by atoms with E-state index in [1.54, 1.807) is 6.07 Å². The van der Waals surface area contributed by atoms with Crippen molar-refractivity contribution in [2.45, 2.75) is 69.0 Å². The number of hydrogen-bond donors (Lipinski definition) is 3. The van der Waals surface area contributed by atoms with E-state index in [0.29, 0.717) is 56.1 Å². The Balaban J connectivity index is 1.49. The summed E-state index contributed by atoms with van der Waals surface area (Å²) in [6, 6.07) is 11.6. The maximum atomic E-state index is 13.0. The maximum absolute atomic E-state index is 13.0.